The molecule has 0 bridgehead atoms. The van der Waals surface area contributed by atoms with Gasteiger partial charge in [0, 0.05) is 43.7 Å². The summed E-state index contributed by atoms with van der Waals surface area (Å²) in [6.07, 6.45) is 1.73. The van der Waals surface area contributed by atoms with Crippen LogP contribution in [0.5, 0.6) is 5.75 Å². The lowest BCUT2D eigenvalue weighted by Gasteiger charge is -2.33. The Bertz CT molecular complexity index is 985. The lowest BCUT2D eigenvalue weighted by atomic mass is 9.94. The van der Waals surface area contributed by atoms with Crippen molar-refractivity contribution in [3.8, 4) is 5.75 Å². The Kier molecular flexibility index (Phi) is 6.41. The summed E-state index contributed by atoms with van der Waals surface area (Å²) in [5.74, 6) is -0.0171. The molecule has 32 heavy (non-hydrogen) atoms. The van der Waals surface area contributed by atoms with Gasteiger partial charge in [-0.05, 0) is 43.5 Å². The van der Waals surface area contributed by atoms with Gasteiger partial charge in [0.15, 0.2) is 9.84 Å². The predicted octanol–water partition coefficient (Wildman–Crippen LogP) is 0.590. The number of rotatable bonds is 5. The number of ether oxygens (including phenoxy) is 1. The Morgan fingerprint density at radius 3 is 2.34 bits per heavy atom. The summed E-state index contributed by atoms with van der Waals surface area (Å²) in [5, 5.41) is 2.86. The van der Waals surface area contributed by atoms with Crippen molar-refractivity contribution in [1.82, 2.24) is 10.2 Å². The molecule has 3 aliphatic heterocycles. The maximum Gasteiger partial charge on any atom is 0.228 e. The van der Waals surface area contributed by atoms with E-state index in [4.69, 9.17) is 4.74 Å². The number of amides is 3. The highest BCUT2D eigenvalue weighted by Crippen LogP contribution is 2.29. The first-order valence-corrected chi connectivity index (χ1v) is 12.8. The van der Waals surface area contributed by atoms with Gasteiger partial charge in [-0.2, -0.15) is 0 Å². The molecule has 2 atom stereocenters. The smallest absolute Gasteiger partial charge is 0.228 e. The summed E-state index contributed by atoms with van der Waals surface area (Å²) in [4.78, 5) is 41.4. The highest BCUT2D eigenvalue weighted by molar-refractivity contribution is 7.91. The van der Waals surface area contributed by atoms with Gasteiger partial charge in [-0.25, -0.2) is 8.42 Å². The topological polar surface area (TPSA) is 113 Å². The lowest BCUT2D eigenvalue weighted by molar-refractivity contribution is -0.139. The van der Waals surface area contributed by atoms with Crippen molar-refractivity contribution < 1.29 is 27.5 Å². The van der Waals surface area contributed by atoms with Gasteiger partial charge < -0.3 is 19.9 Å². The molecule has 1 N–H and O–H groups in total. The van der Waals surface area contributed by atoms with E-state index in [0.717, 1.165) is 5.69 Å². The van der Waals surface area contributed by atoms with Gasteiger partial charge in [0.1, 0.15) is 5.75 Å². The van der Waals surface area contributed by atoms with Crippen molar-refractivity contribution in [3.05, 3.63) is 24.3 Å². The van der Waals surface area contributed by atoms with Crippen molar-refractivity contribution in [2.24, 2.45) is 11.8 Å². The van der Waals surface area contributed by atoms with Gasteiger partial charge in [0.25, 0.3) is 0 Å². The fourth-order valence-electron chi connectivity index (χ4n) is 4.73. The van der Waals surface area contributed by atoms with Crippen LogP contribution in [-0.2, 0) is 24.2 Å². The third-order valence-electron chi connectivity index (χ3n) is 6.61. The molecular weight excluding hydrogens is 434 g/mol. The van der Waals surface area contributed by atoms with Crippen LogP contribution in [0.2, 0.25) is 0 Å². The van der Waals surface area contributed by atoms with Crippen LogP contribution in [0, 0.1) is 11.8 Å². The number of piperidine rings is 1. The molecule has 3 aliphatic rings. The number of benzene rings is 1. The van der Waals surface area contributed by atoms with Gasteiger partial charge in [0.2, 0.25) is 17.7 Å². The van der Waals surface area contributed by atoms with E-state index in [-0.39, 0.29) is 47.6 Å². The quantitative estimate of drug-likeness (QED) is 0.684. The second-order valence-electron chi connectivity index (χ2n) is 8.81. The molecule has 0 saturated carbocycles. The number of nitrogens with zero attached hydrogens (tertiary/aromatic N) is 2. The zero-order chi connectivity index (χ0) is 22.9. The van der Waals surface area contributed by atoms with Crippen molar-refractivity contribution in [1.29, 1.82) is 0 Å². The molecule has 1 aromatic rings. The van der Waals surface area contributed by atoms with E-state index in [9.17, 15) is 22.8 Å². The highest BCUT2D eigenvalue weighted by atomic mass is 32.2. The Hall–Kier alpha value is -2.62. The molecular formula is C22H29N3O6S. The van der Waals surface area contributed by atoms with Crippen molar-refractivity contribution >= 4 is 33.2 Å². The molecule has 0 aliphatic carbocycles. The standard InChI is InChI=1S/C22H29N3O6S/c1-31-19-4-2-18(3-5-19)25-13-16(12-20(25)26)22(28)24-9-6-15(7-10-24)21(27)23-17-8-11-32(29,30)14-17/h2-5,15-17H,6-14H2,1H3,(H,23,27)/t16-,17+/m0/s1. The van der Waals surface area contributed by atoms with Crippen LogP contribution in [-0.4, -0.2) is 75.3 Å². The molecule has 10 heteroatoms. The number of methoxy groups -OCH3 is 1. The summed E-state index contributed by atoms with van der Waals surface area (Å²) in [6, 6.07) is 6.89. The Morgan fingerprint density at radius 1 is 1.06 bits per heavy atom. The van der Waals surface area contributed by atoms with Crippen LogP contribution in [0.1, 0.15) is 25.7 Å². The molecule has 0 spiro atoms. The van der Waals surface area contributed by atoms with E-state index in [0.29, 0.717) is 44.6 Å². The summed E-state index contributed by atoms with van der Waals surface area (Å²) < 4.78 is 28.3. The average molecular weight is 464 g/mol. The van der Waals surface area contributed by atoms with Crippen LogP contribution in [0.4, 0.5) is 5.69 Å². The maximum absolute atomic E-state index is 13.0. The number of anilines is 1. The van der Waals surface area contributed by atoms with Crippen molar-refractivity contribution in [3.63, 3.8) is 0 Å². The first kappa shape index (κ1) is 22.6. The molecule has 174 valence electrons. The first-order chi connectivity index (χ1) is 15.3. The Labute approximate surface area is 188 Å². The minimum absolute atomic E-state index is 0.0104. The van der Waals surface area contributed by atoms with E-state index < -0.39 is 15.8 Å². The summed E-state index contributed by atoms with van der Waals surface area (Å²) in [6.45, 7) is 1.28. The molecule has 1 aromatic carbocycles. The summed E-state index contributed by atoms with van der Waals surface area (Å²) >= 11 is 0. The monoisotopic (exact) mass is 463 g/mol. The second kappa shape index (κ2) is 9.09. The van der Waals surface area contributed by atoms with Gasteiger partial charge >= 0.3 is 0 Å². The molecule has 4 rings (SSSR count). The average Bonchev–Trinajstić information content (AvgIpc) is 3.34. The SMILES string of the molecule is COc1ccc(N2C[C@@H](C(=O)N3CCC(C(=O)N[C@@H]4CCS(=O)(=O)C4)CC3)CC2=O)cc1. The maximum atomic E-state index is 13.0. The molecule has 0 radical (unpaired) electrons. The van der Waals surface area contributed by atoms with Crippen LogP contribution in [0.25, 0.3) is 0 Å². The second-order valence-corrected chi connectivity index (χ2v) is 11.0. The minimum Gasteiger partial charge on any atom is -0.497 e. The third-order valence-corrected chi connectivity index (χ3v) is 8.38. The normalized spacial score (nSPS) is 25.7. The largest absolute Gasteiger partial charge is 0.497 e. The number of sulfone groups is 1. The van der Waals surface area contributed by atoms with Crippen molar-refractivity contribution in [2.45, 2.75) is 31.7 Å². The third kappa shape index (κ3) is 4.90. The number of nitrogens with one attached hydrogen (secondary N) is 1. The summed E-state index contributed by atoms with van der Waals surface area (Å²) in [5.41, 5.74) is 0.746. The van der Waals surface area contributed by atoms with E-state index in [1.165, 1.54) is 0 Å². The first-order valence-electron chi connectivity index (χ1n) is 11.0. The summed E-state index contributed by atoms with van der Waals surface area (Å²) in [7, 11) is -1.46. The molecule has 3 fully saturated rings. The molecule has 3 amide bonds. The molecule has 3 saturated heterocycles. The van der Waals surface area contributed by atoms with Gasteiger partial charge in [-0.1, -0.05) is 0 Å². The van der Waals surface area contributed by atoms with E-state index in [2.05, 4.69) is 5.32 Å². The van der Waals surface area contributed by atoms with Crippen LogP contribution < -0.4 is 15.0 Å². The number of likely N-dealkylation sites (tertiary alicyclic amines) is 1. The zero-order valence-corrected chi connectivity index (χ0v) is 19.0. The molecule has 0 unspecified atom stereocenters. The molecule has 3 heterocycles. The van der Waals surface area contributed by atoms with Crippen molar-refractivity contribution in [2.75, 3.05) is 43.1 Å². The minimum atomic E-state index is -3.04. The predicted molar refractivity (Wildman–Crippen MR) is 118 cm³/mol. The highest BCUT2D eigenvalue weighted by Gasteiger charge is 2.39. The number of hydrogen-bond acceptors (Lipinski definition) is 6. The molecule has 9 nitrogen and oxygen atoms in total. The fraction of sp³-hybridized carbons (Fsp3) is 0.591. The van der Waals surface area contributed by atoms with E-state index >= 15 is 0 Å². The van der Waals surface area contributed by atoms with Crippen LogP contribution in [0.15, 0.2) is 24.3 Å². The van der Waals surface area contributed by atoms with Gasteiger partial charge in [0.05, 0.1) is 24.5 Å². The van der Waals surface area contributed by atoms with Crippen LogP contribution >= 0.6 is 0 Å². The van der Waals surface area contributed by atoms with E-state index in [1.54, 1.807) is 29.0 Å². The number of hydrogen-bond donors (Lipinski definition) is 1. The Morgan fingerprint density at radius 2 is 1.75 bits per heavy atom. The van der Waals surface area contributed by atoms with E-state index in [1.807, 2.05) is 12.1 Å². The van der Waals surface area contributed by atoms with Gasteiger partial charge in [-0.15, -0.1) is 0 Å². The Balaban J connectivity index is 1.28. The number of carbonyl (C=O) groups is 3. The fourth-order valence-corrected chi connectivity index (χ4v) is 6.41. The molecule has 0 aromatic heterocycles. The van der Waals surface area contributed by atoms with Gasteiger partial charge in [-0.3, -0.25) is 14.4 Å². The lowest BCUT2D eigenvalue weighted by Crippen LogP contribution is -2.47. The van der Waals surface area contributed by atoms with Crippen LogP contribution in [0.3, 0.4) is 0 Å². The number of carbonyl (C=O) groups excluding carboxylic acids is 3. The zero-order valence-electron chi connectivity index (χ0n) is 18.2.